The molecule has 1 aromatic carbocycles. The standard InChI is InChI=1S/C14H12F3NO2S/c15-14(16,17)11-6-7-18-12(11)9-21(19,20)13(18)8-10-4-2-1-3-5-10/h1-7,13H,8-9H2. The van der Waals surface area contributed by atoms with Crippen molar-refractivity contribution in [3.63, 3.8) is 0 Å². The van der Waals surface area contributed by atoms with E-state index in [-0.39, 0.29) is 12.1 Å². The minimum absolute atomic E-state index is 0.163. The lowest BCUT2D eigenvalue weighted by Crippen LogP contribution is -2.14. The molecule has 0 saturated heterocycles. The lowest BCUT2D eigenvalue weighted by atomic mass is 10.1. The summed E-state index contributed by atoms with van der Waals surface area (Å²) in [4.78, 5) is 0. The Kier molecular flexibility index (Phi) is 3.12. The highest BCUT2D eigenvalue weighted by molar-refractivity contribution is 7.90. The van der Waals surface area contributed by atoms with Gasteiger partial charge in [-0.15, -0.1) is 0 Å². The van der Waals surface area contributed by atoms with Crippen molar-refractivity contribution in [1.29, 1.82) is 0 Å². The van der Waals surface area contributed by atoms with Gasteiger partial charge in [0.05, 0.1) is 11.3 Å². The molecule has 0 aliphatic carbocycles. The highest BCUT2D eigenvalue weighted by Gasteiger charge is 2.43. The molecule has 1 aromatic heterocycles. The predicted molar refractivity (Wildman–Crippen MR) is 71.2 cm³/mol. The zero-order valence-corrected chi connectivity index (χ0v) is 11.7. The van der Waals surface area contributed by atoms with E-state index in [0.717, 1.165) is 11.6 Å². The largest absolute Gasteiger partial charge is 0.418 e. The summed E-state index contributed by atoms with van der Waals surface area (Å²) in [6.07, 6.45) is -3.14. The Balaban J connectivity index is 2.02. The number of alkyl halides is 3. The van der Waals surface area contributed by atoms with E-state index < -0.39 is 32.7 Å². The van der Waals surface area contributed by atoms with Crippen molar-refractivity contribution in [2.45, 2.75) is 23.7 Å². The van der Waals surface area contributed by atoms with Gasteiger partial charge < -0.3 is 4.57 Å². The number of hydrogen-bond donors (Lipinski definition) is 0. The van der Waals surface area contributed by atoms with Gasteiger partial charge >= 0.3 is 6.18 Å². The first-order chi connectivity index (χ1) is 9.79. The Morgan fingerprint density at radius 2 is 1.81 bits per heavy atom. The highest BCUT2D eigenvalue weighted by Crippen LogP contribution is 2.41. The Morgan fingerprint density at radius 1 is 1.14 bits per heavy atom. The fourth-order valence-corrected chi connectivity index (χ4v) is 4.53. The summed E-state index contributed by atoms with van der Waals surface area (Å²) in [5, 5.41) is -0.967. The summed E-state index contributed by atoms with van der Waals surface area (Å²) in [7, 11) is -3.62. The van der Waals surface area contributed by atoms with E-state index in [2.05, 4.69) is 0 Å². The third-order valence-corrected chi connectivity index (χ3v) is 5.54. The number of aromatic nitrogens is 1. The molecular formula is C14H12F3NO2S. The number of sulfone groups is 1. The van der Waals surface area contributed by atoms with Crippen LogP contribution < -0.4 is 0 Å². The monoisotopic (exact) mass is 315 g/mol. The summed E-state index contributed by atoms with van der Waals surface area (Å²) < 4.78 is 64.2. The number of halogens is 3. The number of benzene rings is 1. The summed E-state index contributed by atoms with van der Waals surface area (Å²) in [5.41, 5.74) is -0.244. The molecule has 0 fully saturated rings. The highest BCUT2D eigenvalue weighted by atomic mass is 32.2. The van der Waals surface area contributed by atoms with Gasteiger partial charge in [-0.25, -0.2) is 8.42 Å². The van der Waals surface area contributed by atoms with E-state index in [1.54, 1.807) is 30.3 Å². The molecule has 0 saturated carbocycles. The molecule has 2 aromatic rings. The fraction of sp³-hybridized carbons (Fsp3) is 0.286. The maximum Gasteiger partial charge on any atom is 0.418 e. The minimum Gasteiger partial charge on any atom is -0.332 e. The SMILES string of the molecule is O=S1(=O)Cc2c(C(F)(F)F)ccn2C1Cc1ccccc1. The average Bonchev–Trinajstić information content (AvgIpc) is 2.88. The van der Waals surface area contributed by atoms with Crippen LogP contribution in [0.5, 0.6) is 0 Å². The third kappa shape index (κ3) is 2.46. The van der Waals surface area contributed by atoms with Crippen LogP contribution in [0.4, 0.5) is 13.2 Å². The van der Waals surface area contributed by atoms with Gasteiger partial charge in [-0.1, -0.05) is 30.3 Å². The second-order valence-electron chi connectivity index (χ2n) is 5.03. The molecule has 0 amide bonds. The van der Waals surface area contributed by atoms with E-state index in [9.17, 15) is 21.6 Å². The normalized spacial score (nSPS) is 20.4. The van der Waals surface area contributed by atoms with Crippen LogP contribution in [0, 0.1) is 0 Å². The molecule has 0 radical (unpaired) electrons. The van der Waals surface area contributed by atoms with Crippen LogP contribution in [0.25, 0.3) is 0 Å². The number of fused-ring (bicyclic) bond motifs is 1. The second kappa shape index (κ2) is 4.62. The number of nitrogens with zero attached hydrogens (tertiary/aromatic N) is 1. The Morgan fingerprint density at radius 3 is 2.43 bits per heavy atom. The van der Waals surface area contributed by atoms with Crippen LogP contribution in [-0.2, 0) is 28.2 Å². The molecule has 112 valence electrons. The predicted octanol–water partition coefficient (Wildman–Crippen LogP) is 3.18. The molecule has 3 nitrogen and oxygen atoms in total. The maximum atomic E-state index is 12.9. The van der Waals surface area contributed by atoms with Crippen LogP contribution in [-0.4, -0.2) is 13.0 Å². The first-order valence-electron chi connectivity index (χ1n) is 6.31. The summed E-state index contributed by atoms with van der Waals surface area (Å²) in [5.74, 6) is -0.563. The molecule has 7 heteroatoms. The summed E-state index contributed by atoms with van der Waals surface area (Å²) >= 11 is 0. The summed E-state index contributed by atoms with van der Waals surface area (Å²) in [6.45, 7) is 0. The van der Waals surface area contributed by atoms with E-state index in [1.807, 2.05) is 0 Å². The maximum absolute atomic E-state index is 12.9. The van der Waals surface area contributed by atoms with Crippen molar-refractivity contribution in [1.82, 2.24) is 4.57 Å². The van der Waals surface area contributed by atoms with Crippen LogP contribution in [0.1, 0.15) is 22.2 Å². The van der Waals surface area contributed by atoms with Gasteiger partial charge in [0.25, 0.3) is 0 Å². The van der Waals surface area contributed by atoms with Gasteiger partial charge in [0, 0.05) is 18.3 Å². The van der Waals surface area contributed by atoms with Crippen molar-refractivity contribution < 1.29 is 21.6 Å². The average molecular weight is 315 g/mol. The summed E-state index contributed by atoms with van der Waals surface area (Å²) in [6, 6.07) is 9.82. The van der Waals surface area contributed by atoms with Crippen molar-refractivity contribution in [2.24, 2.45) is 0 Å². The molecule has 0 spiro atoms. The number of rotatable bonds is 2. The molecule has 1 aliphatic rings. The van der Waals surface area contributed by atoms with Gasteiger partial charge in [-0.3, -0.25) is 0 Å². The molecule has 0 bridgehead atoms. The van der Waals surface area contributed by atoms with E-state index >= 15 is 0 Å². The molecule has 1 unspecified atom stereocenters. The first-order valence-corrected chi connectivity index (χ1v) is 8.03. The molecule has 3 rings (SSSR count). The lowest BCUT2D eigenvalue weighted by Gasteiger charge is -2.12. The fourth-order valence-electron chi connectivity index (χ4n) is 2.66. The zero-order valence-electron chi connectivity index (χ0n) is 10.8. The van der Waals surface area contributed by atoms with Crippen molar-refractivity contribution in [3.05, 3.63) is 59.4 Å². The van der Waals surface area contributed by atoms with Crippen LogP contribution in [0.2, 0.25) is 0 Å². The molecule has 2 heterocycles. The molecule has 1 aliphatic heterocycles. The molecule has 1 atom stereocenters. The first kappa shape index (κ1) is 14.2. The zero-order chi connectivity index (χ0) is 15.3. The van der Waals surface area contributed by atoms with Crippen LogP contribution >= 0.6 is 0 Å². The Hall–Kier alpha value is -1.76. The Labute approximate surface area is 119 Å². The second-order valence-corrected chi connectivity index (χ2v) is 7.19. The van der Waals surface area contributed by atoms with Gasteiger partial charge in [-0.05, 0) is 11.6 Å². The molecule has 21 heavy (non-hydrogen) atoms. The smallest absolute Gasteiger partial charge is 0.332 e. The van der Waals surface area contributed by atoms with Gasteiger partial charge in [0.15, 0.2) is 9.84 Å². The van der Waals surface area contributed by atoms with E-state index in [0.29, 0.717) is 0 Å². The topological polar surface area (TPSA) is 39.1 Å². The molecular weight excluding hydrogens is 303 g/mol. The van der Waals surface area contributed by atoms with Crippen LogP contribution in [0.3, 0.4) is 0 Å². The molecule has 0 N–H and O–H groups in total. The van der Waals surface area contributed by atoms with E-state index in [1.165, 1.54) is 10.8 Å². The van der Waals surface area contributed by atoms with Crippen molar-refractivity contribution >= 4 is 9.84 Å². The quantitative estimate of drug-likeness (QED) is 0.854. The Bertz CT molecular complexity index is 763. The van der Waals surface area contributed by atoms with Gasteiger partial charge in [0.1, 0.15) is 5.37 Å². The van der Waals surface area contributed by atoms with Gasteiger partial charge in [0.2, 0.25) is 0 Å². The minimum atomic E-state index is -4.53. The van der Waals surface area contributed by atoms with Crippen molar-refractivity contribution in [3.8, 4) is 0 Å². The van der Waals surface area contributed by atoms with Gasteiger partial charge in [-0.2, -0.15) is 13.2 Å². The van der Waals surface area contributed by atoms with Crippen LogP contribution in [0.15, 0.2) is 42.6 Å². The number of hydrogen-bond acceptors (Lipinski definition) is 2. The van der Waals surface area contributed by atoms with E-state index in [4.69, 9.17) is 0 Å². The third-order valence-electron chi connectivity index (χ3n) is 3.65. The van der Waals surface area contributed by atoms with Crippen molar-refractivity contribution in [2.75, 3.05) is 0 Å². The lowest BCUT2D eigenvalue weighted by molar-refractivity contribution is -0.138.